The van der Waals surface area contributed by atoms with E-state index in [0.29, 0.717) is 17.6 Å². The Hall–Kier alpha value is -0.370. The molecule has 0 aromatic carbocycles. The summed E-state index contributed by atoms with van der Waals surface area (Å²) in [5, 5.41) is 3.65. The normalized spacial score (nSPS) is 39.1. The fraction of sp³-hybridized carbons (Fsp3) is 0.929. The van der Waals surface area contributed by atoms with Crippen LogP contribution >= 0.6 is 0 Å². The molecule has 3 fully saturated rings. The van der Waals surface area contributed by atoms with Crippen molar-refractivity contribution < 1.29 is 4.79 Å². The second kappa shape index (κ2) is 4.48. The van der Waals surface area contributed by atoms with E-state index in [4.69, 9.17) is 0 Å². The summed E-state index contributed by atoms with van der Waals surface area (Å²) in [6, 6.07) is 1.47. The number of carbonyl (C=O) groups excluding carboxylic acids is 1. The molecule has 2 aliphatic heterocycles. The van der Waals surface area contributed by atoms with E-state index < -0.39 is 0 Å². The Bertz CT molecular complexity index is 258. The highest BCUT2D eigenvalue weighted by Gasteiger charge is 2.35. The van der Waals surface area contributed by atoms with Crippen LogP contribution in [0.3, 0.4) is 0 Å². The Morgan fingerprint density at radius 3 is 2.25 bits per heavy atom. The van der Waals surface area contributed by atoms with Gasteiger partial charge in [0, 0.05) is 24.4 Å². The lowest BCUT2D eigenvalue weighted by atomic mass is 9.85. The van der Waals surface area contributed by atoms with E-state index in [9.17, 15) is 4.79 Å². The summed E-state index contributed by atoms with van der Waals surface area (Å²) < 4.78 is 0. The maximum absolute atomic E-state index is 12.1. The summed E-state index contributed by atoms with van der Waals surface area (Å²) in [6.07, 6.45) is 11.0. The lowest BCUT2D eigenvalue weighted by molar-refractivity contribution is -0.123. The molecule has 0 aromatic rings. The zero-order chi connectivity index (χ0) is 11.0. The van der Waals surface area contributed by atoms with E-state index in [1.54, 1.807) is 0 Å². The van der Waals surface area contributed by atoms with E-state index in [1.165, 1.54) is 51.4 Å². The molecule has 2 saturated heterocycles. The Balaban J connectivity index is 1.52. The molecule has 2 bridgehead atoms. The SMILES string of the molecule is O=C(CC1CC2CCC(C1)N2)C1CCCC1. The summed E-state index contributed by atoms with van der Waals surface area (Å²) >= 11 is 0. The summed E-state index contributed by atoms with van der Waals surface area (Å²) in [4.78, 5) is 12.1. The second-order valence-corrected chi connectivity index (χ2v) is 6.13. The standard InChI is InChI=1S/C14H23NO/c16-14(11-3-1-2-4-11)9-10-7-12-5-6-13(8-10)15-12/h10-13,15H,1-9H2. The first-order valence-electron chi connectivity index (χ1n) is 7.10. The molecule has 2 heterocycles. The molecule has 2 unspecified atom stereocenters. The monoisotopic (exact) mass is 221 g/mol. The maximum atomic E-state index is 12.1. The van der Waals surface area contributed by atoms with Gasteiger partial charge in [-0.2, -0.15) is 0 Å². The maximum Gasteiger partial charge on any atom is 0.136 e. The van der Waals surface area contributed by atoms with Crippen LogP contribution < -0.4 is 5.32 Å². The van der Waals surface area contributed by atoms with Gasteiger partial charge in [0.1, 0.15) is 5.78 Å². The minimum Gasteiger partial charge on any atom is -0.311 e. The van der Waals surface area contributed by atoms with Gasteiger partial charge in [0.25, 0.3) is 0 Å². The summed E-state index contributed by atoms with van der Waals surface area (Å²) in [5.41, 5.74) is 0. The van der Waals surface area contributed by atoms with Crippen molar-refractivity contribution in [1.82, 2.24) is 5.32 Å². The van der Waals surface area contributed by atoms with Crippen LogP contribution in [0.2, 0.25) is 0 Å². The van der Waals surface area contributed by atoms with Crippen LogP contribution in [0.15, 0.2) is 0 Å². The first-order chi connectivity index (χ1) is 7.81. The minimum absolute atomic E-state index is 0.438. The third-order valence-electron chi connectivity index (χ3n) is 4.87. The molecule has 16 heavy (non-hydrogen) atoms. The quantitative estimate of drug-likeness (QED) is 0.794. The van der Waals surface area contributed by atoms with E-state index in [-0.39, 0.29) is 0 Å². The van der Waals surface area contributed by atoms with Gasteiger partial charge in [-0.25, -0.2) is 0 Å². The highest BCUT2D eigenvalue weighted by molar-refractivity contribution is 5.81. The van der Waals surface area contributed by atoms with Crippen molar-refractivity contribution in [3.8, 4) is 0 Å². The van der Waals surface area contributed by atoms with Gasteiger partial charge in [0.05, 0.1) is 0 Å². The van der Waals surface area contributed by atoms with Crippen molar-refractivity contribution in [2.24, 2.45) is 11.8 Å². The van der Waals surface area contributed by atoms with Gasteiger partial charge in [-0.1, -0.05) is 12.8 Å². The van der Waals surface area contributed by atoms with Crippen molar-refractivity contribution in [2.45, 2.75) is 69.9 Å². The van der Waals surface area contributed by atoms with Gasteiger partial charge in [0.15, 0.2) is 0 Å². The minimum atomic E-state index is 0.438. The summed E-state index contributed by atoms with van der Waals surface area (Å²) in [5.74, 6) is 1.73. The average molecular weight is 221 g/mol. The molecular formula is C14H23NO. The smallest absolute Gasteiger partial charge is 0.136 e. The zero-order valence-electron chi connectivity index (χ0n) is 10.1. The number of fused-ring (bicyclic) bond motifs is 2. The van der Waals surface area contributed by atoms with Gasteiger partial charge in [0.2, 0.25) is 0 Å². The molecule has 2 atom stereocenters. The molecule has 1 aliphatic carbocycles. The number of rotatable bonds is 3. The van der Waals surface area contributed by atoms with Crippen molar-refractivity contribution in [1.29, 1.82) is 0 Å². The van der Waals surface area contributed by atoms with Crippen molar-refractivity contribution in [3.05, 3.63) is 0 Å². The molecular weight excluding hydrogens is 198 g/mol. The molecule has 2 heteroatoms. The largest absolute Gasteiger partial charge is 0.311 e. The molecule has 0 aromatic heterocycles. The molecule has 2 nitrogen and oxygen atoms in total. The molecule has 3 rings (SSSR count). The number of ketones is 1. The van der Waals surface area contributed by atoms with Crippen LogP contribution in [-0.4, -0.2) is 17.9 Å². The van der Waals surface area contributed by atoms with Crippen LogP contribution in [0, 0.1) is 11.8 Å². The molecule has 0 spiro atoms. The fourth-order valence-electron chi connectivity index (χ4n) is 4.04. The Labute approximate surface area is 98.2 Å². The Morgan fingerprint density at radius 1 is 1.00 bits per heavy atom. The van der Waals surface area contributed by atoms with E-state index >= 15 is 0 Å². The summed E-state index contributed by atoms with van der Waals surface area (Å²) in [6.45, 7) is 0. The van der Waals surface area contributed by atoms with Gasteiger partial charge < -0.3 is 5.32 Å². The Morgan fingerprint density at radius 2 is 1.62 bits per heavy atom. The number of hydrogen-bond donors (Lipinski definition) is 1. The van der Waals surface area contributed by atoms with Gasteiger partial charge in [-0.05, 0) is 44.4 Å². The lowest BCUT2D eigenvalue weighted by Gasteiger charge is -2.29. The number of hydrogen-bond acceptors (Lipinski definition) is 2. The highest BCUT2D eigenvalue weighted by atomic mass is 16.1. The van der Waals surface area contributed by atoms with Crippen LogP contribution in [0.5, 0.6) is 0 Å². The van der Waals surface area contributed by atoms with E-state index in [0.717, 1.165) is 18.5 Å². The predicted octanol–water partition coefficient (Wildman–Crippen LogP) is 2.67. The topological polar surface area (TPSA) is 29.1 Å². The van der Waals surface area contributed by atoms with Crippen LogP contribution in [0.1, 0.15) is 57.8 Å². The van der Waals surface area contributed by atoms with Crippen LogP contribution in [-0.2, 0) is 4.79 Å². The third kappa shape index (κ3) is 2.17. The fourth-order valence-corrected chi connectivity index (χ4v) is 4.04. The molecule has 0 amide bonds. The molecule has 90 valence electrons. The van der Waals surface area contributed by atoms with Gasteiger partial charge >= 0.3 is 0 Å². The molecule has 3 aliphatic rings. The van der Waals surface area contributed by atoms with Crippen LogP contribution in [0.4, 0.5) is 0 Å². The van der Waals surface area contributed by atoms with E-state index in [1.807, 2.05) is 0 Å². The molecule has 0 radical (unpaired) electrons. The van der Waals surface area contributed by atoms with Gasteiger partial charge in [-0.15, -0.1) is 0 Å². The number of nitrogens with one attached hydrogen (secondary N) is 1. The predicted molar refractivity (Wildman–Crippen MR) is 64.3 cm³/mol. The number of Topliss-reactive ketones (excluding diaryl/α,β-unsaturated/α-hetero) is 1. The van der Waals surface area contributed by atoms with E-state index in [2.05, 4.69) is 5.32 Å². The number of piperidine rings is 1. The Kier molecular flexibility index (Phi) is 3.01. The van der Waals surface area contributed by atoms with Crippen molar-refractivity contribution in [3.63, 3.8) is 0 Å². The van der Waals surface area contributed by atoms with Crippen molar-refractivity contribution >= 4 is 5.78 Å². The second-order valence-electron chi connectivity index (χ2n) is 6.13. The van der Waals surface area contributed by atoms with Gasteiger partial charge in [-0.3, -0.25) is 4.79 Å². The first-order valence-corrected chi connectivity index (χ1v) is 7.10. The lowest BCUT2D eigenvalue weighted by Crippen LogP contribution is -2.38. The highest BCUT2D eigenvalue weighted by Crippen LogP contribution is 2.35. The van der Waals surface area contributed by atoms with Crippen LogP contribution in [0.25, 0.3) is 0 Å². The third-order valence-corrected chi connectivity index (χ3v) is 4.87. The molecule has 1 N–H and O–H groups in total. The summed E-state index contributed by atoms with van der Waals surface area (Å²) in [7, 11) is 0. The first kappa shape index (κ1) is 10.8. The number of carbonyl (C=O) groups is 1. The average Bonchev–Trinajstić information content (AvgIpc) is 2.88. The zero-order valence-corrected chi connectivity index (χ0v) is 10.1. The van der Waals surface area contributed by atoms with Crippen molar-refractivity contribution in [2.75, 3.05) is 0 Å². The molecule has 1 saturated carbocycles.